The van der Waals surface area contributed by atoms with Crippen LogP contribution in [0.2, 0.25) is 0 Å². The van der Waals surface area contributed by atoms with E-state index >= 15 is 0 Å². The van der Waals surface area contributed by atoms with Gasteiger partial charge in [0.2, 0.25) is 5.91 Å². The Kier molecular flexibility index (Phi) is 5.41. The fraction of sp³-hybridized carbons (Fsp3) is 0.500. The van der Waals surface area contributed by atoms with E-state index in [9.17, 15) is 9.59 Å². The van der Waals surface area contributed by atoms with Crippen LogP contribution in [0.25, 0.3) is 0 Å². The minimum Gasteiger partial charge on any atom is -0.461 e. The standard InChI is InChI=1S/C10H15N3O3S/c1-3-16-10(15)8-9(17-6-13-8)12-5-4-7(14)11-2/h6,12H,3-5H2,1-2H3,(H,11,14). The molecule has 1 aromatic rings. The number of hydrogen-bond donors (Lipinski definition) is 2. The van der Waals surface area contributed by atoms with E-state index in [1.54, 1.807) is 19.5 Å². The van der Waals surface area contributed by atoms with Crippen LogP contribution in [0.1, 0.15) is 23.8 Å². The van der Waals surface area contributed by atoms with E-state index in [-0.39, 0.29) is 11.6 Å². The molecule has 7 heteroatoms. The van der Waals surface area contributed by atoms with Crippen molar-refractivity contribution in [2.45, 2.75) is 13.3 Å². The lowest BCUT2D eigenvalue weighted by atomic mass is 10.4. The summed E-state index contributed by atoms with van der Waals surface area (Å²) >= 11 is 1.31. The molecule has 1 rings (SSSR count). The van der Waals surface area contributed by atoms with E-state index in [0.29, 0.717) is 24.6 Å². The molecule has 0 radical (unpaired) electrons. The van der Waals surface area contributed by atoms with Crippen molar-refractivity contribution in [1.29, 1.82) is 0 Å². The average Bonchev–Trinajstić information content (AvgIpc) is 2.77. The first kappa shape index (κ1) is 13.4. The highest BCUT2D eigenvalue weighted by Gasteiger charge is 2.15. The lowest BCUT2D eigenvalue weighted by molar-refractivity contribution is -0.120. The summed E-state index contributed by atoms with van der Waals surface area (Å²) in [7, 11) is 1.58. The molecule has 0 saturated heterocycles. The molecule has 6 nitrogen and oxygen atoms in total. The number of rotatable bonds is 6. The second kappa shape index (κ2) is 6.85. The van der Waals surface area contributed by atoms with Crippen LogP contribution in [0.4, 0.5) is 5.00 Å². The number of ether oxygens (including phenoxy) is 1. The molecular weight excluding hydrogens is 242 g/mol. The zero-order valence-electron chi connectivity index (χ0n) is 9.78. The number of nitrogens with one attached hydrogen (secondary N) is 2. The van der Waals surface area contributed by atoms with Gasteiger partial charge in [-0.2, -0.15) is 0 Å². The van der Waals surface area contributed by atoms with Crippen LogP contribution in [0.15, 0.2) is 5.51 Å². The third-order valence-electron chi connectivity index (χ3n) is 1.95. The van der Waals surface area contributed by atoms with Gasteiger partial charge in [0.25, 0.3) is 0 Å². The van der Waals surface area contributed by atoms with Crippen molar-refractivity contribution >= 4 is 28.2 Å². The van der Waals surface area contributed by atoms with Gasteiger partial charge in [0.05, 0.1) is 12.1 Å². The summed E-state index contributed by atoms with van der Waals surface area (Å²) in [4.78, 5) is 26.4. The third-order valence-corrected chi connectivity index (χ3v) is 2.74. The number of carbonyl (C=O) groups excluding carboxylic acids is 2. The second-order valence-corrected chi connectivity index (χ2v) is 3.96. The Morgan fingerprint density at radius 3 is 2.94 bits per heavy atom. The molecule has 0 aliphatic heterocycles. The summed E-state index contributed by atoms with van der Waals surface area (Å²) in [5, 5.41) is 6.14. The summed E-state index contributed by atoms with van der Waals surface area (Å²) in [6.07, 6.45) is 0.344. The molecule has 0 spiro atoms. The number of anilines is 1. The summed E-state index contributed by atoms with van der Waals surface area (Å²) in [5.41, 5.74) is 1.84. The zero-order chi connectivity index (χ0) is 12.7. The van der Waals surface area contributed by atoms with Crippen molar-refractivity contribution in [3.63, 3.8) is 0 Å². The van der Waals surface area contributed by atoms with Crippen molar-refractivity contribution in [1.82, 2.24) is 10.3 Å². The van der Waals surface area contributed by atoms with E-state index < -0.39 is 5.97 Å². The molecule has 2 N–H and O–H groups in total. The van der Waals surface area contributed by atoms with E-state index in [4.69, 9.17) is 4.74 Å². The Hall–Kier alpha value is -1.63. The molecule has 0 fully saturated rings. The normalized spacial score (nSPS) is 9.76. The van der Waals surface area contributed by atoms with Crippen LogP contribution in [-0.2, 0) is 9.53 Å². The zero-order valence-corrected chi connectivity index (χ0v) is 10.6. The van der Waals surface area contributed by atoms with Gasteiger partial charge in [0, 0.05) is 20.0 Å². The maximum Gasteiger partial charge on any atom is 0.360 e. The molecule has 94 valence electrons. The van der Waals surface area contributed by atoms with Gasteiger partial charge in [-0.15, -0.1) is 11.3 Å². The van der Waals surface area contributed by atoms with Gasteiger partial charge >= 0.3 is 5.97 Å². The highest BCUT2D eigenvalue weighted by atomic mass is 32.1. The van der Waals surface area contributed by atoms with Gasteiger partial charge in [-0.05, 0) is 6.92 Å². The SMILES string of the molecule is CCOC(=O)c1ncsc1NCCC(=O)NC. The van der Waals surface area contributed by atoms with Crippen molar-refractivity contribution in [2.75, 3.05) is 25.5 Å². The first-order valence-electron chi connectivity index (χ1n) is 5.24. The molecule has 0 atom stereocenters. The Morgan fingerprint density at radius 1 is 1.53 bits per heavy atom. The van der Waals surface area contributed by atoms with E-state index in [1.807, 2.05) is 0 Å². The van der Waals surface area contributed by atoms with Crippen LogP contribution in [-0.4, -0.2) is 37.1 Å². The summed E-state index contributed by atoms with van der Waals surface area (Å²) in [6.45, 7) is 2.51. The topological polar surface area (TPSA) is 80.3 Å². The molecule has 1 amide bonds. The molecular formula is C10H15N3O3S. The number of hydrogen-bond acceptors (Lipinski definition) is 6. The van der Waals surface area contributed by atoms with Crippen LogP contribution >= 0.6 is 11.3 Å². The van der Waals surface area contributed by atoms with Crippen LogP contribution in [0.5, 0.6) is 0 Å². The number of esters is 1. The molecule has 1 aromatic heterocycles. The van der Waals surface area contributed by atoms with Gasteiger partial charge in [-0.3, -0.25) is 4.79 Å². The van der Waals surface area contributed by atoms with E-state index in [1.165, 1.54) is 11.3 Å². The van der Waals surface area contributed by atoms with Gasteiger partial charge in [0.1, 0.15) is 5.00 Å². The first-order valence-corrected chi connectivity index (χ1v) is 6.12. The highest BCUT2D eigenvalue weighted by molar-refractivity contribution is 7.14. The Morgan fingerprint density at radius 2 is 2.29 bits per heavy atom. The molecule has 0 saturated carbocycles. The summed E-state index contributed by atoms with van der Waals surface area (Å²) < 4.78 is 4.86. The van der Waals surface area contributed by atoms with Gasteiger partial charge in [-0.25, -0.2) is 9.78 Å². The van der Waals surface area contributed by atoms with Gasteiger partial charge < -0.3 is 15.4 Å². The van der Waals surface area contributed by atoms with E-state index in [0.717, 1.165) is 0 Å². The average molecular weight is 257 g/mol. The second-order valence-electron chi connectivity index (χ2n) is 3.10. The van der Waals surface area contributed by atoms with Crippen LogP contribution in [0, 0.1) is 0 Å². The first-order chi connectivity index (χ1) is 8.19. The fourth-order valence-electron chi connectivity index (χ4n) is 1.13. The predicted molar refractivity (Wildman–Crippen MR) is 65.2 cm³/mol. The molecule has 0 aliphatic carbocycles. The molecule has 0 aromatic carbocycles. The smallest absolute Gasteiger partial charge is 0.360 e. The minimum atomic E-state index is -0.448. The number of aromatic nitrogens is 1. The van der Waals surface area contributed by atoms with Crippen molar-refractivity contribution in [3.8, 4) is 0 Å². The minimum absolute atomic E-state index is 0.0558. The Labute approximate surface area is 103 Å². The fourth-order valence-corrected chi connectivity index (χ4v) is 1.83. The maximum atomic E-state index is 11.5. The van der Waals surface area contributed by atoms with Crippen LogP contribution in [0.3, 0.4) is 0 Å². The van der Waals surface area contributed by atoms with Crippen molar-refractivity contribution in [2.24, 2.45) is 0 Å². The highest BCUT2D eigenvalue weighted by Crippen LogP contribution is 2.20. The molecule has 17 heavy (non-hydrogen) atoms. The monoisotopic (exact) mass is 257 g/mol. The molecule has 0 aliphatic rings. The number of thiazole rings is 1. The number of carbonyl (C=O) groups is 2. The number of nitrogens with zero attached hydrogens (tertiary/aromatic N) is 1. The van der Waals surface area contributed by atoms with Crippen molar-refractivity contribution in [3.05, 3.63) is 11.2 Å². The third kappa shape index (κ3) is 4.03. The molecule has 0 unspecified atom stereocenters. The largest absolute Gasteiger partial charge is 0.461 e. The maximum absolute atomic E-state index is 11.5. The van der Waals surface area contributed by atoms with Crippen molar-refractivity contribution < 1.29 is 14.3 Å². The molecule has 0 bridgehead atoms. The number of amides is 1. The lowest BCUT2D eigenvalue weighted by Crippen LogP contribution is -2.21. The van der Waals surface area contributed by atoms with Crippen LogP contribution < -0.4 is 10.6 Å². The Balaban J connectivity index is 2.51. The van der Waals surface area contributed by atoms with E-state index in [2.05, 4.69) is 15.6 Å². The van der Waals surface area contributed by atoms with Gasteiger partial charge in [-0.1, -0.05) is 0 Å². The predicted octanol–water partition coefficient (Wildman–Crippen LogP) is 0.868. The summed E-state index contributed by atoms with van der Waals surface area (Å²) in [6, 6.07) is 0. The lowest BCUT2D eigenvalue weighted by Gasteiger charge is -2.05. The van der Waals surface area contributed by atoms with Gasteiger partial charge in [0.15, 0.2) is 5.69 Å². The Bertz CT molecular complexity index is 392. The summed E-state index contributed by atoms with van der Waals surface area (Å²) in [5.74, 6) is -0.504. The molecule has 1 heterocycles. The quantitative estimate of drug-likeness (QED) is 0.739.